The van der Waals surface area contributed by atoms with E-state index in [2.05, 4.69) is 5.32 Å². The number of halogens is 1. The van der Waals surface area contributed by atoms with Crippen LogP contribution in [0, 0.1) is 5.92 Å². The number of amides is 1. The average Bonchev–Trinajstić information content (AvgIpc) is 2.63. The normalized spacial score (nSPS) is 24.8. The fourth-order valence-electron chi connectivity index (χ4n) is 2.84. The highest BCUT2D eigenvalue weighted by atomic mass is 35.5. The molecule has 1 saturated carbocycles. The summed E-state index contributed by atoms with van der Waals surface area (Å²) in [5.74, 6) is 0.0195. The molecule has 2 unspecified atom stereocenters. The van der Waals surface area contributed by atoms with Crippen LogP contribution in [-0.4, -0.2) is 11.9 Å². The van der Waals surface area contributed by atoms with Gasteiger partial charge >= 0.3 is 0 Å². The average molecular weight is 295 g/mol. The van der Waals surface area contributed by atoms with Gasteiger partial charge in [0.05, 0.1) is 12.0 Å². The van der Waals surface area contributed by atoms with Gasteiger partial charge in [-0.3, -0.25) is 4.79 Å². The highest BCUT2D eigenvalue weighted by Crippen LogP contribution is 2.24. The summed E-state index contributed by atoms with van der Waals surface area (Å²) in [6, 6.07) is 7.54. The van der Waals surface area contributed by atoms with E-state index in [1.807, 2.05) is 31.2 Å². The van der Waals surface area contributed by atoms with Crippen molar-refractivity contribution >= 4 is 17.5 Å². The molecule has 1 amide bonds. The Hall–Kier alpha value is -1.06. The quantitative estimate of drug-likeness (QED) is 0.839. The molecule has 110 valence electrons. The summed E-state index contributed by atoms with van der Waals surface area (Å²) in [4.78, 5) is 12.4. The van der Waals surface area contributed by atoms with Crippen LogP contribution in [0.2, 0.25) is 5.02 Å². The van der Waals surface area contributed by atoms with Gasteiger partial charge in [-0.15, -0.1) is 0 Å². The minimum absolute atomic E-state index is 0.0101. The Kier molecular flexibility index (Phi) is 5.44. The number of carbonyl (C=O) groups excluding carboxylic acids is 1. The first-order chi connectivity index (χ1) is 9.58. The predicted octanol–water partition coefficient (Wildman–Crippen LogP) is 3.42. The summed E-state index contributed by atoms with van der Waals surface area (Å²) in [5.41, 5.74) is 7.16. The van der Waals surface area contributed by atoms with Crippen LogP contribution in [0.1, 0.15) is 50.6 Å². The Morgan fingerprint density at radius 1 is 1.35 bits per heavy atom. The molecule has 1 aromatic rings. The van der Waals surface area contributed by atoms with Crippen molar-refractivity contribution in [1.29, 1.82) is 0 Å². The molecule has 0 saturated heterocycles. The van der Waals surface area contributed by atoms with Crippen molar-refractivity contribution in [2.24, 2.45) is 11.7 Å². The minimum atomic E-state index is -0.0564. The highest BCUT2D eigenvalue weighted by Gasteiger charge is 2.27. The first-order valence-corrected chi connectivity index (χ1v) is 7.77. The van der Waals surface area contributed by atoms with E-state index in [0.29, 0.717) is 5.02 Å². The van der Waals surface area contributed by atoms with Crippen LogP contribution in [0.15, 0.2) is 24.3 Å². The second kappa shape index (κ2) is 7.09. The zero-order chi connectivity index (χ0) is 14.5. The maximum Gasteiger partial charge on any atom is 0.225 e. The molecule has 0 spiro atoms. The standard InChI is InChI=1S/C16H23ClN2O/c1-11(12-6-5-7-13(17)10-12)19-16(20)14-8-3-2-4-9-15(14)18/h5-7,10-11,14-15H,2-4,8-9,18H2,1H3,(H,19,20)/t11-,14?,15?/m0/s1. The summed E-state index contributed by atoms with van der Waals surface area (Å²) in [7, 11) is 0. The summed E-state index contributed by atoms with van der Waals surface area (Å²) >= 11 is 5.99. The Morgan fingerprint density at radius 2 is 2.10 bits per heavy atom. The number of carbonyl (C=O) groups is 1. The smallest absolute Gasteiger partial charge is 0.225 e. The molecule has 1 aromatic carbocycles. The summed E-state index contributed by atoms with van der Waals surface area (Å²) in [5, 5.41) is 3.76. The number of rotatable bonds is 3. The number of hydrogen-bond acceptors (Lipinski definition) is 2. The lowest BCUT2D eigenvalue weighted by Crippen LogP contribution is -2.42. The first kappa shape index (κ1) is 15.3. The van der Waals surface area contributed by atoms with E-state index in [0.717, 1.165) is 31.2 Å². The zero-order valence-electron chi connectivity index (χ0n) is 11.9. The Morgan fingerprint density at radius 3 is 2.85 bits per heavy atom. The molecule has 0 heterocycles. The lowest BCUT2D eigenvalue weighted by atomic mass is 9.94. The number of benzene rings is 1. The number of hydrogen-bond donors (Lipinski definition) is 2. The van der Waals surface area contributed by atoms with Gasteiger partial charge in [0.15, 0.2) is 0 Å². The van der Waals surface area contributed by atoms with Gasteiger partial charge in [0.2, 0.25) is 5.91 Å². The summed E-state index contributed by atoms with van der Waals surface area (Å²) in [6.07, 6.45) is 5.26. The van der Waals surface area contributed by atoms with E-state index >= 15 is 0 Å². The molecule has 1 aliphatic rings. The van der Waals surface area contributed by atoms with Gasteiger partial charge in [0.25, 0.3) is 0 Å². The van der Waals surface area contributed by atoms with Crippen molar-refractivity contribution in [2.75, 3.05) is 0 Å². The second-order valence-electron chi connectivity index (χ2n) is 5.69. The molecule has 1 fully saturated rings. The Bertz CT molecular complexity index is 464. The van der Waals surface area contributed by atoms with Gasteiger partial charge in [-0.1, -0.05) is 43.0 Å². The van der Waals surface area contributed by atoms with Gasteiger partial charge in [0.1, 0.15) is 0 Å². The largest absolute Gasteiger partial charge is 0.349 e. The van der Waals surface area contributed by atoms with Crippen molar-refractivity contribution < 1.29 is 4.79 Å². The minimum Gasteiger partial charge on any atom is -0.349 e. The molecular weight excluding hydrogens is 272 g/mol. The van der Waals surface area contributed by atoms with Crippen molar-refractivity contribution in [3.63, 3.8) is 0 Å². The molecule has 0 radical (unpaired) electrons. The fourth-order valence-corrected chi connectivity index (χ4v) is 3.04. The van der Waals surface area contributed by atoms with Crippen molar-refractivity contribution in [2.45, 2.75) is 51.1 Å². The van der Waals surface area contributed by atoms with Gasteiger partial charge in [-0.05, 0) is 37.5 Å². The molecular formula is C16H23ClN2O. The summed E-state index contributed by atoms with van der Waals surface area (Å²) in [6.45, 7) is 1.98. The SMILES string of the molecule is C[C@H](NC(=O)C1CCCCCC1N)c1cccc(Cl)c1. The van der Waals surface area contributed by atoms with Crippen molar-refractivity contribution in [3.8, 4) is 0 Å². The van der Waals surface area contributed by atoms with Crippen LogP contribution < -0.4 is 11.1 Å². The molecule has 2 rings (SSSR count). The van der Waals surface area contributed by atoms with Crippen LogP contribution in [0.5, 0.6) is 0 Å². The van der Waals surface area contributed by atoms with Crippen LogP contribution in [0.25, 0.3) is 0 Å². The molecule has 1 aliphatic carbocycles. The van der Waals surface area contributed by atoms with E-state index in [-0.39, 0.29) is 23.9 Å². The maximum atomic E-state index is 12.4. The topological polar surface area (TPSA) is 55.1 Å². The van der Waals surface area contributed by atoms with Crippen LogP contribution in [0.4, 0.5) is 0 Å². The predicted molar refractivity (Wildman–Crippen MR) is 82.6 cm³/mol. The Balaban J connectivity index is 1.99. The summed E-state index contributed by atoms with van der Waals surface area (Å²) < 4.78 is 0. The number of nitrogens with one attached hydrogen (secondary N) is 1. The third-order valence-electron chi connectivity index (χ3n) is 4.11. The van der Waals surface area contributed by atoms with Gasteiger partial charge in [-0.2, -0.15) is 0 Å². The first-order valence-electron chi connectivity index (χ1n) is 7.39. The van der Waals surface area contributed by atoms with Gasteiger partial charge in [-0.25, -0.2) is 0 Å². The van der Waals surface area contributed by atoms with Gasteiger partial charge < -0.3 is 11.1 Å². The van der Waals surface area contributed by atoms with Crippen molar-refractivity contribution in [3.05, 3.63) is 34.9 Å². The van der Waals surface area contributed by atoms with Gasteiger partial charge in [0, 0.05) is 11.1 Å². The molecule has 3 nitrogen and oxygen atoms in total. The van der Waals surface area contributed by atoms with E-state index in [4.69, 9.17) is 17.3 Å². The second-order valence-corrected chi connectivity index (χ2v) is 6.13. The lowest BCUT2D eigenvalue weighted by molar-refractivity contribution is -0.126. The third-order valence-corrected chi connectivity index (χ3v) is 4.35. The fraction of sp³-hybridized carbons (Fsp3) is 0.562. The molecule has 3 atom stereocenters. The molecule has 0 aromatic heterocycles. The molecule has 0 bridgehead atoms. The number of nitrogens with two attached hydrogens (primary N) is 1. The highest BCUT2D eigenvalue weighted by molar-refractivity contribution is 6.30. The van der Waals surface area contributed by atoms with E-state index in [1.54, 1.807) is 0 Å². The maximum absolute atomic E-state index is 12.4. The molecule has 20 heavy (non-hydrogen) atoms. The van der Waals surface area contributed by atoms with E-state index in [9.17, 15) is 4.79 Å². The zero-order valence-corrected chi connectivity index (χ0v) is 12.7. The van der Waals surface area contributed by atoms with E-state index in [1.165, 1.54) is 6.42 Å². The molecule has 3 N–H and O–H groups in total. The monoisotopic (exact) mass is 294 g/mol. The van der Waals surface area contributed by atoms with E-state index < -0.39 is 0 Å². The van der Waals surface area contributed by atoms with Crippen LogP contribution in [-0.2, 0) is 4.79 Å². The third kappa shape index (κ3) is 3.97. The van der Waals surface area contributed by atoms with Crippen molar-refractivity contribution in [1.82, 2.24) is 5.32 Å². The lowest BCUT2D eigenvalue weighted by Gasteiger charge is -2.23. The van der Waals surface area contributed by atoms with Crippen LogP contribution in [0.3, 0.4) is 0 Å². The Labute approximate surface area is 125 Å². The van der Waals surface area contributed by atoms with Crippen LogP contribution >= 0.6 is 11.6 Å². The molecule has 0 aliphatic heterocycles. The molecule has 4 heteroatoms.